The third kappa shape index (κ3) is 19.7. The monoisotopic (exact) mass is 2040 g/mol. The molecule has 846 valence electrons. The Morgan fingerprint density at radius 1 is 0.189 bits per heavy atom. The van der Waals surface area contributed by atoms with Gasteiger partial charge in [-0.15, -0.1) is 0 Å². The molecule has 0 spiro atoms. The number of hydrogen-bond donors (Lipinski definition) is 5. The summed E-state index contributed by atoms with van der Waals surface area (Å²) in [6.07, 6.45) is 110. The fourth-order valence-electron chi connectivity index (χ4n) is 53.6. The summed E-state index contributed by atoms with van der Waals surface area (Å²) in [5.41, 5.74) is 34.6. The Kier molecular flexibility index (Phi) is 32.6. The standard InChI is InChI=1S/2C22H38.2C21H36.C19H34N2.C19H33NO.C19H33N/c2*1-4-6-16-10-14-22(3)17(15-16)8-9-18-19-7-5-12-21(19,2)13-11-20(18)22;2*1-4-15-9-13-21(3)16(14-15)7-8-17-18-6-5-11-20(18,2)12-10-19(17)21;2*1-18-8-3-4-14(18)13-6-5-12-10-16(20)17(21)11-19(12,2)15(13)7-9-18;1-18-10-3-4-16(18)15-8-6-13-5-7-14(20)12-19(13,2)17(15)9-11-18/h2*16-20H,4-15H2,1-3H3;2*15-19H,4-14H2,1-3H3;12-17H,3-11,20-21H2,1-2H3;12-17,21H,3-11,20H2,1-2H3;13-17H,3-12,20H2,1-2H3/t16?,17-,18-,19-,20-,21-,22-;16-,17-,18-,19-,20-,21-,22-;15?,16-,17-,18-,19-,20-,21-;15-,16-,17-,18-,19-,20-,21-;2*12-,13-,14-,15-,16?,17?,18-,19-;13-,14?,15+,16+,17+,18+,19+/m0000001/s1. The van der Waals surface area contributed by atoms with Crippen LogP contribution in [-0.2, 0) is 0 Å². The molecule has 5 nitrogen and oxygen atoms in total. The van der Waals surface area contributed by atoms with Crippen molar-refractivity contribution in [2.45, 2.75) is 630 Å². The summed E-state index contributed by atoms with van der Waals surface area (Å²) in [5, 5.41) is 10.4. The lowest BCUT2D eigenvalue weighted by molar-refractivity contribution is -0.129. The summed E-state index contributed by atoms with van der Waals surface area (Å²) in [6, 6.07) is 1.01. The van der Waals surface area contributed by atoms with E-state index in [2.05, 4.69) is 125 Å². The maximum absolute atomic E-state index is 10.4. The van der Waals surface area contributed by atoms with Gasteiger partial charge in [-0.2, -0.15) is 0 Å². The average molecular weight is 2040 g/mol. The average Bonchev–Trinajstić information content (AvgIpc) is 1.41. The van der Waals surface area contributed by atoms with Gasteiger partial charge in [-0.25, -0.2) is 0 Å². The Hall–Kier alpha value is -0.200. The van der Waals surface area contributed by atoms with E-state index in [0.29, 0.717) is 38.5 Å². The van der Waals surface area contributed by atoms with E-state index in [1.165, 1.54) is 238 Å². The van der Waals surface area contributed by atoms with Crippen molar-refractivity contribution >= 4 is 0 Å². The molecular formula is C143H248N4O. The van der Waals surface area contributed by atoms with Gasteiger partial charge in [-0.1, -0.05) is 208 Å². The van der Waals surface area contributed by atoms with Crippen LogP contribution in [0.2, 0.25) is 0 Å². The molecule has 0 saturated heterocycles. The van der Waals surface area contributed by atoms with Crippen molar-refractivity contribution in [3.05, 3.63) is 0 Å². The van der Waals surface area contributed by atoms with E-state index in [1.54, 1.807) is 225 Å². The van der Waals surface area contributed by atoms with Crippen LogP contribution in [0.3, 0.4) is 0 Å². The Bertz CT molecular complexity index is 4130. The van der Waals surface area contributed by atoms with E-state index in [0.717, 1.165) is 246 Å². The van der Waals surface area contributed by atoms with Gasteiger partial charge in [0.1, 0.15) is 0 Å². The van der Waals surface area contributed by atoms with Gasteiger partial charge in [0.2, 0.25) is 0 Å². The lowest BCUT2D eigenvalue weighted by Crippen LogP contribution is -2.59. The lowest BCUT2D eigenvalue weighted by atomic mass is 9.44. The zero-order valence-corrected chi connectivity index (χ0v) is 101. The molecule has 5 heteroatoms. The molecule has 28 aliphatic carbocycles. The first-order chi connectivity index (χ1) is 70.7. The molecule has 0 bridgehead atoms. The van der Waals surface area contributed by atoms with Crippen LogP contribution in [-0.4, -0.2) is 35.4 Å². The Morgan fingerprint density at radius 2 is 0.412 bits per heavy atom. The minimum atomic E-state index is -0.262. The molecule has 0 aromatic rings. The molecule has 28 rings (SSSR count). The van der Waals surface area contributed by atoms with E-state index < -0.39 is 0 Å². The molecule has 9 N–H and O–H groups in total. The van der Waals surface area contributed by atoms with Crippen LogP contribution in [0.1, 0.15) is 600 Å². The van der Waals surface area contributed by atoms with Crippen LogP contribution >= 0.6 is 0 Å². The van der Waals surface area contributed by atoms with E-state index in [9.17, 15) is 5.11 Å². The van der Waals surface area contributed by atoms with Gasteiger partial charge >= 0.3 is 0 Å². The normalized spacial score (nSPS) is 57.1. The molecule has 0 amide bonds. The number of rotatable bonds is 6. The first-order valence-electron chi connectivity index (χ1n) is 69.4. The van der Waals surface area contributed by atoms with Crippen molar-refractivity contribution in [3.63, 3.8) is 0 Å². The number of hydrogen-bond acceptors (Lipinski definition) is 5. The maximum atomic E-state index is 10.4. The second-order valence-electron chi connectivity index (χ2n) is 68.1. The van der Waals surface area contributed by atoms with Gasteiger partial charge in [-0.05, 0) is 657 Å². The SMILES string of the molecule is CCC1CC[C@@]2(C)[C@@H](CC[C@H]3[C@@H]4CCC[C@@]4(C)CC[C@@H]32)C1.CCCC1CC[C@@]2(C)[C@@H](CC[C@H]3[C@@H]4CCC[C@@]4(C)CC[C@@H]32)C1.CCC[C@H]1CC[C@@]2(C)[C@@H](CC[C@H]3[C@@H]4CCC[C@@]4(C)CC[C@@H]32)C1.CC[C@H]1CC[C@@]2(C)[C@@H](CC[C@H]3[C@@H]4CCC[C@@]4(C)CC[C@@H]32)C1.C[C@@]12CCC[C@H]1[C@@H]1CC[C@H]3CC(N)C(N)C[C@]3(C)[C@H]1CC2.C[C@@]12CCC[C@H]1[C@@H]1CC[C@H]3CC(N)C(O)C[C@]3(C)[C@H]1CC2.C[C@@]12CCC[C@H]1[C@@H]1CC[C@H]3CCC(N)C[C@]3(C)[C@H]1CC2. The minimum Gasteiger partial charge on any atom is -0.391 e. The number of nitrogens with two attached hydrogens (primary N) is 4. The number of aliphatic hydroxyl groups is 1. The van der Waals surface area contributed by atoms with Gasteiger partial charge in [0, 0.05) is 24.2 Å². The molecule has 51 atom stereocenters. The van der Waals surface area contributed by atoms with Gasteiger partial charge in [-0.3, -0.25) is 0 Å². The van der Waals surface area contributed by atoms with Gasteiger partial charge < -0.3 is 28.0 Å². The molecule has 0 aromatic carbocycles. The fraction of sp³-hybridized carbons (Fsp3) is 1.00. The highest BCUT2D eigenvalue weighted by Crippen LogP contribution is 2.77. The summed E-state index contributed by atoms with van der Waals surface area (Å²) in [4.78, 5) is 0. The molecule has 148 heavy (non-hydrogen) atoms. The molecular weight excluding hydrogens is 1790 g/mol. The van der Waals surface area contributed by atoms with Crippen molar-refractivity contribution in [1.82, 2.24) is 0 Å². The molecule has 0 radical (unpaired) electrons. The van der Waals surface area contributed by atoms with E-state index >= 15 is 0 Å². The first kappa shape index (κ1) is 112. The van der Waals surface area contributed by atoms with Gasteiger partial charge in [0.15, 0.2) is 0 Å². The largest absolute Gasteiger partial charge is 0.391 e. The fourth-order valence-corrected chi connectivity index (χ4v) is 53.6. The Morgan fingerprint density at radius 3 is 0.682 bits per heavy atom. The summed E-state index contributed by atoms with van der Waals surface area (Å²) in [7, 11) is 0. The van der Waals surface area contributed by atoms with E-state index in [4.69, 9.17) is 22.9 Å². The van der Waals surface area contributed by atoms with Crippen molar-refractivity contribution in [2.75, 3.05) is 0 Å². The van der Waals surface area contributed by atoms with Crippen LogP contribution < -0.4 is 22.9 Å². The summed E-state index contributed by atoms with van der Waals surface area (Å²) in [6.45, 7) is 46.6. The third-order valence-corrected chi connectivity index (χ3v) is 62.4. The van der Waals surface area contributed by atoms with Gasteiger partial charge in [0.25, 0.3) is 0 Å². The highest BCUT2D eigenvalue weighted by Gasteiger charge is 2.68. The zero-order valence-electron chi connectivity index (χ0n) is 101. The van der Waals surface area contributed by atoms with Crippen molar-refractivity contribution in [3.8, 4) is 0 Å². The molecule has 28 saturated carbocycles. The molecule has 28 fully saturated rings. The first-order valence-corrected chi connectivity index (χ1v) is 69.4. The van der Waals surface area contributed by atoms with Crippen LogP contribution in [0.25, 0.3) is 0 Å². The van der Waals surface area contributed by atoms with E-state index in [1.807, 2.05) is 0 Å². The predicted molar refractivity (Wildman–Crippen MR) is 627 cm³/mol. The Labute approximate surface area is 917 Å². The lowest BCUT2D eigenvalue weighted by Gasteiger charge is -2.61. The van der Waals surface area contributed by atoms with Crippen LogP contribution in [0.15, 0.2) is 0 Å². The van der Waals surface area contributed by atoms with Crippen LogP contribution in [0.4, 0.5) is 0 Å². The smallest absolute Gasteiger partial charge is 0.0696 e. The third-order valence-electron chi connectivity index (χ3n) is 62.4. The maximum Gasteiger partial charge on any atom is 0.0696 e. The van der Waals surface area contributed by atoms with Crippen molar-refractivity contribution in [1.29, 1.82) is 0 Å². The second-order valence-corrected chi connectivity index (χ2v) is 68.1. The van der Waals surface area contributed by atoms with Gasteiger partial charge in [0.05, 0.1) is 6.10 Å². The minimum absolute atomic E-state index is 0.0277. The van der Waals surface area contributed by atoms with Crippen molar-refractivity contribution < 1.29 is 5.11 Å². The molecule has 28 aliphatic rings. The number of aliphatic hydroxyl groups excluding tert-OH is 1. The Balaban J connectivity index is 0.0000000979. The predicted octanol–water partition coefficient (Wildman–Crippen LogP) is 38.7. The van der Waals surface area contributed by atoms with Crippen LogP contribution in [0.5, 0.6) is 0 Å². The molecule has 0 aliphatic heterocycles. The summed E-state index contributed by atoms with van der Waals surface area (Å²) < 4.78 is 0. The zero-order chi connectivity index (χ0) is 104. The molecule has 7 unspecified atom stereocenters. The topological polar surface area (TPSA) is 124 Å². The van der Waals surface area contributed by atoms with Crippen LogP contribution in [0, 0.1) is 265 Å². The highest BCUT2D eigenvalue weighted by molar-refractivity contribution is 5.18. The second kappa shape index (κ2) is 43.2. The molecule has 0 heterocycles. The number of fused-ring (bicyclic) bond motifs is 35. The summed E-state index contributed by atoms with van der Waals surface area (Å²) in [5.74, 6) is 33.1. The summed E-state index contributed by atoms with van der Waals surface area (Å²) >= 11 is 0. The molecule has 0 aromatic heterocycles. The highest BCUT2D eigenvalue weighted by atomic mass is 16.3. The van der Waals surface area contributed by atoms with E-state index in [-0.39, 0.29) is 24.2 Å². The quantitative estimate of drug-likeness (QED) is 0.181. The van der Waals surface area contributed by atoms with Crippen molar-refractivity contribution in [2.24, 2.45) is 288 Å².